The molecule has 1 unspecified atom stereocenters. The summed E-state index contributed by atoms with van der Waals surface area (Å²) < 4.78 is 85.3. The molecule has 6 nitrogen and oxygen atoms in total. The first kappa shape index (κ1) is 19.8. The van der Waals surface area contributed by atoms with Crippen LogP contribution >= 0.6 is 0 Å². The molecule has 0 aromatic heterocycles. The van der Waals surface area contributed by atoms with Gasteiger partial charge in [0.2, 0.25) is 5.72 Å². The molecule has 1 heterocycles. The van der Waals surface area contributed by atoms with Crippen molar-refractivity contribution in [3.8, 4) is 11.5 Å². The van der Waals surface area contributed by atoms with Gasteiger partial charge < -0.3 is 14.6 Å². The van der Waals surface area contributed by atoms with E-state index in [9.17, 15) is 36.2 Å². The van der Waals surface area contributed by atoms with E-state index in [2.05, 4.69) is 9.84 Å². The molecule has 1 aromatic carbocycles. The van der Waals surface area contributed by atoms with Gasteiger partial charge >= 0.3 is 6.61 Å². The second kappa shape index (κ2) is 7.40. The first-order valence-electron chi connectivity index (χ1n) is 6.93. The molecule has 0 fully saturated rings. The van der Waals surface area contributed by atoms with Crippen molar-refractivity contribution in [2.45, 2.75) is 31.6 Å². The summed E-state index contributed by atoms with van der Waals surface area (Å²) >= 11 is 0. The Kier molecular flexibility index (Phi) is 5.64. The fourth-order valence-corrected chi connectivity index (χ4v) is 2.22. The number of benzene rings is 1. The molecule has 0 radical (unpaired) electrons. The van der Waals surface area contributed by atoms with E-state index in [0.717, 1.165) is 25.3 Å². The number of rotatable bonds is 6. The Morgan fingerprint density at radius 3 is 2.38 bits per heavy atom. The summed E-state index contributed by atoms with van der Waals surface area (Å²) in [4.78, 5) is 12.4. The van der Waals surface area contributed by atoms with Crippen LogP contribution in [0.25, 0.3) is 0 Å². The average molecular weight is 386 g/mol. The Morgan fingerprint density at radius 1 is 1.23 bits per heavy atom. The Morgan fingerprint density at radius 2 is 1.88 bits per heavy atom. The molecule has 0 saturated carbocycles. The Hall–Kier alpha value is -2.50. The van der Waals surface area contributed by atoms with Crippen LogP contribution in [0.1, 0.15) is 16.8 Å². The number of hydrazone groups is 1. The van der Waals surface area contributed by atoms with Crippen molar-refractivity contribution in [3.05, 3.63) is 23.8 Å². The average Bonchev–Trinajstić information content (AvgIpc) is 2.93. The van der Waals surface area contributed by atoms with E-state index >= 15 is 0 Å². The van der Waals surface area contributed by atoms with Gasteiger partial charge in [-0.05, 0) is 18.2 Å². The van der Waals surface area contributed by atoms with Crippen LogP contribution in [0.4, 0.5) is 26.3 Å². The number of nitrogens with zero attached hydrogens (tertiary/aromatic N) is 2. The molecule has 0 bridgehead atoms. The minimum Gasteiger partial charge on any atom is -0.493 e. The fraction of sp³-hybridized carbons (Fsp3) is 0.429. The van der Waals surface area contributed by atoms with Crippen molar-refractivity contribution in [3.63, 3.8) is 0 Å². The van der Waals surface area contributed by atoms with Gasteiger partial charge in [-0.1, -0.05) is 0 Å². The minimum absolute atomic E-state index is 0.151. The first-order valence-corrected chi connectivity index (χ1v) is 6.93. The summed E-state index contributed by atoms with van der Waals surface area (Å²) in [5.41, 5.74) is -4.78. The Bertz CT molecular complexity index is 715. The van der Waals surface area contributed by atoms with Crippen molar-refractivity contribution in [2.24, 2.45) is 5.10 Å². The zero-order valence-corrected chi connectivity index (χ0v) is 13.0. The monoisotopic (exact) mass is 386 g/mol. The molecule has 0 aliphatic carbocycles. The van der Waals surface area contributed by atoms with Crippen molar-refractivity contribution in [1.29, 1.82) is 0 Å². The third-order valence-corrected chi connectivity index (χ3v) is 3.46. The normalized spacial score (nSPS) is 20.1. The molecule has 2 rings (SSSR count). The third kappa shape index (κ3) is 3.69. The van der Waals surface area contributed by atoms with Crippen LogP contribution in [-0.2, 0) is 0 Å². The highest BCUT2D eigenvalue weighted by atomic mass is 19.3. The molecule has 1 amide bonds. The number of carbonyl (C=O) groups is 1. The number of carbonyl (C=O) groups excluding carboxylic acids is 1. The maximum atomic E-state index is 13.1. The molecule has 12 heteroatoms. The number of amides is 1. The number of methoxy groups -OCH3 is 1. The van der Waals surface area contributed by atoms with E-state index in [-0.39, 0.29) is 10.8 Å². The highest BCUT2D eigenvalue weighted by molar-refractivity contribution is 5.99. The molecule has 1 N–H and O–H groups in total. The summed E-state index contributed by atoms with van der Waals surface area (Å²) in [6.45, 7) is -3.19. The number of hydrogen-bond acceptors (Lipinski definition) is 5. The van der Waals surface area contributed by atoms with Gasteiger partial charge in [-0.2, -0.15) is 18.9 Å². The van der Waals surface area contributed by atoms with Gasteiger partial charge in [0.05, 0.1) is 7.11 Å². The Balaban J connectivity index is 2.40. The zero-order chi connectivity index (χ0) is 19.6. The fourth-order valence-electron chi connectivity index (χ4n) is 2.22. The highest BCUT2D eigenvalue weighted by Crippen LogP contribution is 2.36. The number of halogens is 6. The van der Waals surface area contributed by atoms with Gasteiger partial charge in [-0.25, -0.2) is 17.6 Å². The lowest BCUT2D eigenvalue weighted by Crippen LogP contribution is -2.51. The summed E-state index contributed by atoms with van der Waals surface area (Å²) in [7, 11) is 1.07. The summed E-state index contributed by atoms with van der Waals surface area (Å²) in [6, 6.07) is 2.67. The molecular weight excluding hydrogens is 374 g/mol. The molecule has 0 spiro atoms. The standard InChI is InChI=1S/C14H12F6N2O4/c1-25-9-4-6(2-3-8(9)26-13(19)20)11(23)22-14(24,12(17)18)5-7(21-22)10(15)16/h2-4,10,12-13,24H,5H2,1H3. The van der Waals surface area contributed by atoms with Gasteiger partial charge in [0.15, 0.2) is 11.5 Å². The molecule has 1 aliphatic rings. The second-order valence-corrected chi connectivity index (χ2v) is 5.11. The first-order chi connectivity index (χ1) is 12.1. The maximum absolute atomic E-state index is 13.1. The third-order valence-electron chi connectivity index (χ3n) is 3.46. The zero-order valence-electron chi connectivity index (χ0n) is 13.0. The molecule has 26 heavy (non-hydrogen) atoms. The van der Waals surface area contributed by atoms with E-state index in [4.69, 9.17) is 4.74 Å². The second-order valence-electron chi connectivity index (χ2n) is 5.11. The molecule has 1 atom stereocenters. The van der Waals surface area contributed by atoms with E-state index < -0.39 is 54.5 Å². The summed E-state index contributed by atoms with van der Waals surface area (Å²) in [5, 5.41) is 12.9. The topological polar surface area (TPSA) is 71.4 Å². The van der Waals surface area contributed by atoms with Gasteiger partial charge in [0, 0.05) is 12.0 Å². The van der Waals surface area contributed by atoms with E-state index in [0.29, 0.717) is 0 Å². The lowest BCUT2D eigenvalue weighted by molar-refractivity contribution is -0.164. The van der Waals surface area contributed by atoms with E-state index in [1.54, 1.807) is 0 Å². The van der Waals surface area contributed by atoms with Gasteiger partial charge in [-0.15, -0.1) is 0 Å². The van der Waals surface area contributed by atoms with Gasteiger partial charge in [0.1, 0.15) is 5.71 Å². The van der Waals surface area contributed by atoms with Crippen molar-refractivity contribution >= 4 is 11.6 Å². The Labute approximate surface area is 142 Å². The van der Waals surface area contributed by atoms with Crippen LogP contribution in [0.5, 0.6) is 11.5 Å². The summed E-state index contributed by atoms with van der Waals surface area (Å²) in [5.74, 6) is -2.14. The van der Waals surface area contributed by atoms with E-state index in [1.165, 1.54) is 0 Å². The van der Waals surface area contributed by atoms with Crippen LogP contribution in [0, 0.1) is 0 Å². The number of alkyl halides is 6. The van der Waals surface area contributed by atoms with Crippen LogP contribution in [0.15, 0.2) is 23.3 Å². The lowest BCUT2D eigenvalue weighted by atomic mass is 10.1. The largest absolute Gasteiger partial charge is 0.493 e. The van der Waals surface area contributed by atoms with Crippen LogP contribution in [0.2, 0.25) is 0 Å². The SMILES string of the molecule is COc1cc(C(=O)N2N=C(C(F)F)CC2(O)C(F)F)ccc1OC(F)F. The van der Waals surface area contributed by atoms with Crippen LogP contribution in [-0.4, -0.2) is 54.0 Å². The predicted molar refractivity (Wildman–Crippen MR) is 74.8 cm³/mol. The lowest BCUT2D eigenvalue weighted by Gasteiger charge is -2.30. The van der Waals surface area contributed by atoms with Crippen LogP contribution < -0.4 is 9.47 Å². The smallest absolute Gasteiger partial charge is 0.387 e. The minimum atomic E-state index is -3.59. The molecule has 144 valence electrons. The molecular formula is C14H12F6N2O4. The number of aliphatic hydroxyl groups is 1. The molecule has 1 aromatic rings. The number of hydrogen-bond donors (Lipinski definition) is 1. The quantitative estimate of drug-likeness (QED) is 0.764. The van der Waals surface area contributed by atoms with Crippen molar-refractivity contribution in [2.75, 3.05) is 7.11 Å². The predicted octanol–water partition coefficient (Wildman–Crippen LogP) is 2.72. The van der Waals surface area contributed by atoms with E-state index in [1.807, 2.05) is 0 Å². The number of ether oxygens (including phenoxy) is 2. The molecule has 1 aliphatic heterocycles. The van der Waals surface area contributed by atoms with Crippen LogP contribution in [0.3, 0.4) is 0 Å². The highest BCUT2D eigenvalue weighted by Gasteiger charge is 2.53. The molecule has 0 saturated heterocycles. The maximum Gasteiger partial charge on any atom is 0.387 e. The summed E-state index contributed by atoms with van der Waals surface area (Å²) in [6.07, 6.45) is -8.08. The van der Waals surface area contributed by atoms with Gasteiger partial charge in [-0.3, -0.25) is 4.79 Å². The van der Waals surface area contributed by atoms with Crippen molar-refractivity contribution < 1.29 is 45.7 Å². The van der Waals surface area contributed by atoms with Gasteiger partial charge in [0.25, 0.3) is 18.8 Å². The van der Waals surface area contributed by atoms with Crippen molar-refractivity contribution in [1.82, 2.24) is 5.01 Å².